The Morgan fingerprint density at radius 2 is 1.80 bits per heavy atom. The van der Waals surface area contributed by atoms with E-state index in [9.17, 15) is 10.1 Å². The molecule has 0 unspecified atom stereocenters. The van der Waals surface area contributed by atoms with Crippen molar-refractivity contribution in [2.24, 2.45) is 0 Å². The fourth-order valence-corrected chi connectivity index (χ4v) is 1.92. The van der Waals surface area contributed by atoms with Crippen LogP contribution in [0.25, 0.3) is 0 Å². The Balaban J connectivity index is 2.02. The SMILES string of the molecule is COc1cc(CNCc2ccccc2)cc([N+](=O)[O-])c1. The lowest BCUT2D eigenvalue weighted by atomic mass is 10.1. The summed E-state index contributed by atoms with van der Waals surface area (Å²) in [4.78, 5) is 10.4. The average Bonchev–Trinajstić information content (AvgIpc) is 2.48. The number of nitro groups is 1. The first-order valence-corrected chi connectivity index (χ1v) is 6.26. The summed E-state index contributed by atoms with van der Waals surface area (Å²) in [7, 11) is 1.50. The van der Waals surface area contributed by atoms with Gasteiger partial charge in [0.2, 0.25) is 0 Å². The standard InChI is InChI=1S/C15H16N2O3/c1-20-15-8-13(7-14(9-15)17(18)19)11-16-10-12-5-3-2-4-6-12/h2-9,16H,10-11H2,1H3. The molecule has 0 saturated carbocycles. The van der Waals surface area contributed by atoms with Gasteiger partial charge in [-0.2, -0.15) is 0 Å². The molecule has 2 aromatic carbocycles. The lowest BCUT2D eigenvalue weighted by Crippen LogP contribution is -2.12. The third kappa shape index (κ3) is 3.80. The highest BCUT2D eigenvalue weighted by atomic mass is 16.6. The zero-order chi connectivity index (χ0) is 14.4. The number of nitrogens with one attached hydrogen (secondary N) is 1. The lowest BCUT2D eigenvalue weighted by molar-refractivity contribution is -0.385. The molecule has 0 spiro atoms. The number of rotatable bonds is 6. The maximum absolute atomic E-state index is 10.8. The van der Waals surface area contributed by atoms with Crippen molar-refractivity contribution in [2.45, 2.75) is 13.1 Å². The first-order valence-electron chi connectivity index (χ1n) is 6.26. The number of ether oxygens (including phenoxy) is 1. The largest absolute Gasteiger partial charge is 0.496 e. The van der Waals surface area contributed by atoms with Crippen molar-refractivity contribution >= 4 is 5.69 Å². The molecular formula is C15H16N2O3. The smallest absolute Gasteiger partial charge is 0.273 e. The highest BCUT2D eigenvalue weighted by Crippen LogP contribution is 2.22. The van der Waals surface area contributed by atoms with Gasteiger partial charge in [-0.1, -0.05) is 30.3 Å². The summed E-state index contributed by atoms with van der Waals surface area (Å²) < 4.78 is 5.08. The van der Waals surface area contributed by atoms with Crippen molar-refractivity contribution in [3.8, 4) is 5.75 Å². The van der Waals surface area contributed by atoms with Crippen LogP contribution in [-0.4, -0.2) is 12.0 Å². The Morgan fingerprint density at radius 1 is 1.10 bits per heavy atom. The van der Waals surface area contributed by atoms with Crippen molar-refractivity contribution in [2.75, 3.05) is 7.11 Å². The van der Waals surface area contributed by atoms with Crippen molar-refractivity contribution in [1.82, 2.24) is 5.32 Å². The third-order valence-corrected chi connectivity index (χ3v) is 2.90. The minimum atomic E-state index is -0.413. The molecule has 0 atom stereocenters. The molecule has 0 aromatic heterocycles. The predicted molar refractivity (Wildman–Crippen MR) is 76.6 cm³/mol. The van der Waals surface area contributed by atoms with Gasteiger partial charge in [-0.05, 0) is 17.2 Å². The maximum Gasteiger partial charge on any atom is 0.273 e. The summed E-state index contributed by atoms with van der Waals surface area (Å²) >= 11 is 0. The lowest BCUT2D eigenvalue weighted by Gasteiger charge is -2.07. The molecule has 2 aromatic rings. The third-order valence-electron chi connectivity index (χ3n) is 2.90. The van der Waals surface area contributed by atoms with Gasteiger partial charge in [0.15, 0.2) is 0 Å². The Labute approximate surface area is 117 Å². The number of hydrogen-bond acceptors (Lipinski definition) is 4. The second kappa shape index (κ2) is 6.68. The molecule has 0 radical (unpaired) electrons. The number of nitrogens with zero attached hydrogens (tertiary/aromatic N) is 1. The Morgan fingerprint density at radius 3 is 2.45 bits per heavy atom. The second-order valence-electron chi connectivity index (χ2n) is 4.39. The molecule has 0 aliphatic heterocycles. The van der Waals surface area contributed by atoms with Crippen LogP contribution in [-0.2, 0) is 13.1 Å². The van der Waals surface area contributed by atoms with E-state index in [0.29, 0.717) is 18.8 Å². The number of hydrogen-bond donors (Lipinski definition) is 1. The molecule has 1 N–H and O–H groups in total. The van der Waals surface area contributed by atoms with E-state index in [4.69, 9.17) is 4.74 Å². The van der Waals surface area contributed by atoms with E-state index in [2.05, 4.69) is 5.32 Å². The van der Waals surface area contributed by atoms with E-state index in [-0.39, 0.29) is 5.69 Å². The Kier molecular flexibility index (Phi) is 4.68. The van der Waals surface area contributed by atoms with Gasteiger partial charge in [-0.3, -0.25) is 10.1 Å². The van der Waals surface area contributed by atoms with E-state index in [1.165, 1.54) is 18.7 Å². The van der Waals surface area contributed by atoms with Gasteiger partial charge in [0, 0.05) is 19.2 Å². The van der Waals surface area contributed by atoms with Gasteiger partial charge in [0.25, 0.3) is 5.69 Å². The first kappa shape index (κ1) is 14.0. The van der Waals surface area contributed by atoms with Crippen LogP contribution in [0.5, 0.6) is 5.75 Å². The Hall–Kier alpha value is -2.40. The normalized spacial score (nSPS) is 10.2. The van der Waals surface area contributed by atoms with Crippen LogP contribution in [0, 0.1) is 10.1 Å². The van der Waals surface area contributed by atoms with Crippen LogP contribution < -0.4 is 10.1 Å². The number of nitro benzene ring substituents is 1. The molecule has 5 nitrogen and oxygen atoms in total. The first-order chi connectivity index (χ1) is 9.69. The van der Waals surface area contributed by atoms with Gasteiger partial charge in [0.05, 0.1) is 18.1 Å². The zero-order valence-corrected chi connectivity index (χ0v) is 11.2. The highest BCUT2D eigenvalue weighted by Gasteiger charge is 2.09. The summed E-state index contributed by atoms with van der Waals surface area (Å²) in [5, 5.41) is 14.1. The number of methoxy groups -OCH3 is 1. The maximum atomic E-state index is 10.8. The van der Waals surface area contributed by atoms with Crippen LogP contribution in [0.3, 0.4) is 0 Å². The van der Waals surface area contributed by atoms with Crippen molar-refractivity contribution in [3.05, 3.63) is 69.8 Å². The number of non-ortho nitro benzene ring substituents is 1. The summed E-state index contributed by atoms with van der Waals surface area (Å²) in [5.74, 6) is 0.496. The summed E-state index contributed by atoms with van der Waals surface area (Å²) in [6.07, 6.45) is 0. The van der Waals surface area contributed by atoms with Crippen LogP contribution >= 0.6 is 0 Å². The summed E-state index contributed by atoms with van der Waals surface area (Å²) in [6, 6.07) is 14.8. The number of benzene rings is 2. The molecule has 104 valence electrons. The van der Waals surface area contributed by atoms with Gasteiger partial charge >= 0.3 is 0 Å². The van der Waals surface area contributed by atoms with Gasteiger partial charge < -0.3 is 10.1 Å². The van der Waals surface area contributed by atoms with Gasteiger partial charge in [-0.25, -0.2) is 0 Å². The van der Waals surface area contributed by atoms with Crippen LogP contribution in [0.1, 0.15) is 11.1 Å². The molecule has 0 aliphatic carbocycles. The van der Waals surface area contributed by atoms with Crippen LogP contribution in [0.2, 0.25) is 0 Å². The summed E-state index contributed by atoms with van der Waals surface area (Å²) in [6.45, 7) is 1.26. The molecule has 5 heteroatoms. The zero-order valence-electron chi connectivity index (χ0n) is 11.2. The molecular weight excluding hydrogens is 256 g/mol. The molecule has 0 fully saturated rings. The quantitative estimate of drug-likeness (QED) is 0.648. The summed E-state index contributed by atoms with van der Waals surface area (Å²) in [5.41, 5.74) is 2.04. The monoisotopic (exact) mass is 272 g/mol. The topological polar surface area (TPSA) is 64.4 Å². The van der Waals surface area contributed by atoms with Crippen molar-refractivity contribution in [1.29, 1.82) is 0 Å². The van der Waals surface area contributed by atoms with Crippen molar-refractivity contribution in [3.63, 3.8) is 0 Å². The van der Waals surface area contributed by atoms with E-state index in [1.807, 2.05) is 30.3 Å². The second-order valence-corrected chi connectivity index (χ2v) is 4.39. The molecule has 0 bridgehead atoms. The van der Waals surface area contributed by atoms with Gasteiger partial charge in [0.1, 0.15) is 5.75 Å². The van der Waals surface area contributed by atoms with Crippen molar-refractivity contribution < 1.29 is 9.66 Å². The van der Waals surface area contributed by atoms with E-state index in [0.717, 1.165) is 5.56 Å². The van der Waals surface area contributed by atoms with E-state index >= 15 is 0 Å². The molecule has 20 heavy (non-hydrogen) atoms. The fourth-order valence-electron chi connectivity index (χ4n) is 1.92. The highest BCUT2D eigenvalue weighted by molar-refractivity contribution is 5.42. The molecule has 0 amide bonds. The van der Waals surface area contributed by atoms with Crippen LogP contribution in [0.4, 0.5) is 5.69 Å². The minimum absolute atomic E-state index is 0.0425. The minimum Gasteiger partial charge on any atom is -0.496 e. The van der Waals surface area contributed by atoms with Crippen LogP contribution in [0.15, 0.2) is 48.5 Å². The van der Waals surface area contributed by atoms with E-state index in [1.54, 1.807) is 12.1 Å². The Bertz CT molecular complexity index is 585. The predicted octanol–water partition coefficient (Wildman–Crippen LogP) is 2.89. The molecule has 0 saturated heterocycles. The molecule has 2 rings (SSSR count). The fraction of sp³-hybridized carbons (Fsp3) is 0.200. The molecule has 0 aliphatic rings. The molecule has 0 heterocycles. The van der Waals surface area contributed by atoms with Gasteiger partial charge in [-0.15, -0.1) is 0 Å². The van der Waals surface area contributed by atoms with E-state index < -0.39 is 4.92 Å². The average molecular weight is 272 g/mol.